The zero-order valence-corrected chi connectivity index (χ0v) is 11.2. The Hall–Kier alpha value is -1.54. The minimum absolute atomic E-state index is 0.0215. The number of carbonyl (C=O) groups excluding carboxylic acids is 2. The van der Waals surface area contributed by atoms with Gasteiger partial charge in [-0.05, 0) is 22.0 Å². The van der Waals surface area contributed by atoms with Gasteiger partial charge in [0.05, 0.1) is 16.7 Å². The lowest BCUT2D eigenvalue weighted by Crippen LogP contribution is -2.56. The lowest BCUT2D eigenvalue weighted by Gasteiger charge is -2.23. The number of hydrogen-bond donors (Lipinski definition) is 3. The van der Waals surface area contributed by atoms with E-state index < -0.39 is 23.6 Å². The highest BCUT2D eigenvalue weighted by atomic mass is 79.9. The van der Waals surface area contributed by atoms with Crippen molar-refractivity contribution < 1.29 is 18.4 Å². The molecule has 1 aromatic rings. The normalized spacial score (nSPS) is 18.9. The summed E-state index contributed by atoms with van der Waals surface area (Å²) in [7, 11) is 0. The van der Waals surface area contributed by atoms with Gasteiger partial charge in [-0.25, -0.2) is 8.78 Å². The van der Waals surface area contributed by atoms with Gasteiger partial charge in [0.25, 0.3) is 0 Å². The van der Waals surface area contributed by atoms with Gasteiger partial charge in [-0.3, -0.25) is 14.9 Å². The number of amides is 2. The molecular formula is C11H10BrF2N3O2. The van der Waals surface area contributed by atoms with Gasteiger partial charge in [-0.1, -0.05) is 0 Å². The monoisotopic (exact) mass is 333 g/mol. The van der Waals surface area contributed by atoms with Gasteiger partial charge in [-0.15, -0.1) is 0 Å². The maximum Gasteiger partial charge on any atom is 0.243 e. The van der Waals surface area contributed by atoms with Gasteiger partial charge in [0, 0.05) is 12.6 Å². The number of halogens is 3. The Kier molecular flexibility index (Phi) is 4.11. The number of nitrogens with one attached hydrogen (secondary N) is 3. The highest BCUT2D eigenvalue weighted by molar-refractivity contribution is 9.10. The molecule has 2 amide bonds. The third-order valence-corrected chi connectivity index (χ3v) is 3.20. The van der Waals surface area contributed by atoms with E-state index in [2.05, 4.69) is 31.9 Å². The summed E-state index contributed by atoms with van der Waals surface area (Å²) in [6.45, 7) is 0.141. The molecule has 3 N–H and O–H groups in total. The van der Waals surface area contributed by atoms with Crippen LogP contribution in [-0.4, -0.2) is 30.9 Å². The van der Waals surface area contributed by atoms with E-state index in [1.54, 1.807) is 0 Å². The maximum atomic E-state index is 13.5. The fraction of sp³-hybridized carbons (Fsp3) is 0.273. The molecule has 1 heterocycles. The van der Waals surface area contributed by atoms with Crippen LogP contribution in [0, 0.1) is 11.6 Å². The van der Waals surface area contributed by atoms with Crippen LogP contribution in [0.3, 0.4) is 0 Å². The van der Waals surface area contributed by atoms with Crippen molar-refractivity contribution in [3.63, 3.8) is 0 Å². The zero-order chi connectivity index (χ0) is 14.0. The number of anilines is 1. The van der Waals surface area contributed by atoms with E-state index in [-0.39, 0.29) is 29.2 Å². The van der Waals surface area contributed by atoms with Crippen LogP contribution in [0.2, 0.25) is 0 Å². The first-order valence-corrected chi connectivity index (χ1v) is 6.22. The summed E-state index contributed by atoms with van der Waals surface area (Å²) in [5, 5.41) is 7.55. The molecule has 2 rings (SSSR count). The first-order chi connectivity index (χ1) is 8.97. The second kappa shape index (κ2) is 5.62. The number of rotatable bonds is 2. The van der Waals surface area contributed by atoms with Crippen molar-refractivity contribution in [2.45, 2.75) is 6.04 Å². The number of benzene rings is 1. The molecule has 1 fully saturated rings. The molecule has 0 spiro atoms. The van der Waals surface area contributed by atoms with Crippen LogP contribution in [-0.2, 0) is 9.59 Å². The van der Waals surface area contributed by atoms with Crippen LogP contribution in [0.5, 0.6) is 0 Å². The van der Waals surface area contributed by atoms with Crippen LogP contribution in [0.25, 0.3) is 0 Å². The Balaban J connectivity index is 2.07. The molecule has 1 unspecified atom stereocenters. The Morgan fingerprint density at radius 2 is 2.11 bits per heavy atom. The fourth-order valence-electron chi connectivity index (χ4n) is 1.59. The minimum Gasteiger partial charge on any atom is -0.353 e. The number of carbonyl (C=O) groups is 2. The molecule has 1 saturated heterocycles. The van der Waals surface area contributed by atoms with Crippen molar-refractivity contribution in [3.8, 4) is 0 Å². The summed E-state index contributed by atoms with van der Waals surface area (Å²) in [5.74, 6) is -2.33. The summed E-state index contributed by atoms with van der Waals surface area (Å²) in [5.41, 5.74) is -0.128. The molecule has 1 atom stereocenters. The Labute approximate surface area is 115 Å². The molecule has 102 valence electrons. The molecule has 0 aromatic heterocycles. The lowest BCUT2D eigenvalue weighted by molar-refractivity contribution is -0.124. The summed E-state index contributed by atoms with van der Waals surface area (Å²) < 4.78 is 26.5. The van der Waals surface area contributed by atoms with E-state index in [0.717, 1.165) is 6.07 Å². The molecule has 8 heteroatoms. The van der Waals surface area contributed by atoms with Gasteiger partial charge < -0.3 is 10.6 Å². The van der Waals surface area contributed by atoms with Crippen molar-refractivity contribution in [2.75, 3.05) is 18.4 Å². The molecule has 0 aliphatic carbocycles. The molecule has 0 bridgehead atoms. The summed E-state index contributed by atoms with van der Waals surface area (Å²) in [6.07, 6.45) is 0. The molecule has 5 nitrogen and oxygen atoms in total. The highest BCUT2D eigenvalue weighted by Crippen LogP contribution is 2.23. The highest BCUT2D eigenvalue weighted by Gasteiger charge is 2.24. The Morgan fingerprint density at radius 1 is 1.37 bits per heavy atom. The summed E-state index contributed by atoms with van der Waals surface area (Å²) in [6, 6.07) is 1.17. The topological polar surface area (TPSA) is 70.2 Å². The van der Waals surface area contributed by atoms with Crippen molar-refractivity contribution in [3.05, 3.63) is 28.2 Å². The first kappa shape index (κ1) is 13.9. The van der Waals surface area contributed by atoms with E-state index in [1.165, 1.54) is 0 Å². The number of piperazine rings is 1. The van der Waals surface area contributed by atoms with Crippen molar-refractivity contribution in [1.29, 1.82) is 0 Å². The predicted octanol–water partition coefficient (Wildman–Crippen LogP) is 0.754. The van der Waals surface area contributed by atoms with Gasteiger partial charge in [-0.2, -0.15) is 0 Å². The second-order valence-corrected chi connectivity index (χ2v) is 4.83. The lowest BCUT2D eigenvalue weighted by atomic mass is 10.2. The summed E-state index contributed by atoms with van der Waals surface area (Å²) in [4.78, 5) is 22.7. The van der Waals surface area contributed by atoms with E-state index in [9.17, 15) is 18.4 Å². The zero-order valence-electron chi connectivity index (χ0n) is 9.60. The van der Waals surface area contributed by atoms with Crippen molar-refractivity contribution in [2.24, 2.45) is 0 Å². The van der Waals surface area contributed by atoms with Crippen LogP contribution >= 0.6 is 15.9 Å². The van der Waals surface area contributed by atoms with Gasteiger partial charge in [0.15, 0.2) is 0 Å². The van der Waals surface area contributed by atoms with Crippen molar-refractivity contribution >= 4 is 33.4 Å². The van der Waals surface area contributed by atoms with Crippen LogP contribution in [0.15, 0.2) is 16.6 Å². The first-order valence-electron chi connectivity index (χ1n) is 5.43. The number of hydrogen-bond acceptors (Lipinski definition) is 3. The van der Waals surface area contributed by atoms with Crippen LogP contribution in [0.4, 0.5) is 14.5 Å². The fourth-order valence-corrected chi connectivity index (χ4v) is 1.93. The van der Waals surface area contributed by atoms with E-state index >= 15 is 0 Å². The summed E-state index contributed by atoms with van der Waals surface area (Å²) >= 11 is 2.91. The molecule has 1 aliphatic rings. The molecular weight excluding hydrogens is 324 g/mol. The van der Waals surface area contributed by atoms with Crippen LogP contribution < -0.4 is 16.0 Å². The molecule has 0 saturated carbocycles. The maximum absolute atomic E-state index is 13.5. The molecule has 1 aliphatic heterocycles. The van der Waals surface area contributed by atoms with Crippen LogP contribution in [0.1, 0.15) is 0 Å². The standard InChI is InChI=1S/C11H10BrF2N3O2/c12-5-1-8(7(14)2-6(5)13)17-11(19)9-3-16-10(18)4-15-9/h1-2,9,15H,3-4H2,(H,16,18)(H,17,19). The third-order valence-electron chi connectivity index (χ3n) is 2.60. The van der Waals surface area contributed by atoms with E-state index in [1.807, 2.05) is 0 Å². The van der Waals surface area contributed by atoms with Gasteiger partial charge in [0.2, 0.25) is 11.8 Å². The average molecular weight is 334 g/mol. The SMILES string of the molecule is O=C1CNC(C(=O)Nc2cc(Br)c(F)cc2F)CN1. The smallest absolute Gasteiger partial charge is 0.243 e. The minimum atomic E-state index is -0.867. The molecule has 1 aromatic carbocycles. The average Bonchev–Trinajstić information content (AvgIpc) is 2.36. The van der Waals surface area contributed by atoms with Crippen molar-refractivity contribution in [1.82, 2.24) is 10.6 Å². The van der Waals surface area contributed by atoms with E-state index in [4.69, 9.17) is 0 Å². The quantitative estimate of drug-likeness (QED) is 0.700. The van der Waals surface area contributed by atoms with E-state index in [0.29, 0.717) is 6.07 Å². The Morgan fingerprint density at radius 3 is 2.74 bits per heavy atom. The largest absolute Gasteiger partial charge is 0.353 e. The second-order valence-electron chi connectivity index (χ2n) is 3.97. The predicted molar refractivity (Wildman–Crippen MR) is 67.5 cm³/mol. The van der Waals surface area contributed by atoms with Gasteiger partial charge in [0.1, 0.15) is 17.7 Å². The third kappa shape index (κ3) is 3.27. The van der Waals surface area contributed by atoms with Gasteiger partial charge >= 0.3 is 0 Å². The molecule has 0 radical (unpaired) electrons. The Bertz CT molecular complexity index is 529. The molecule has 19 heavy (non-hydrogen) atoms.